The summed E-state index contributed by atoms with van der Waals surface area (Å²) in [5, 5.41) is 13.8. The Balaban J connectivity index is 1.69. The highest BCUT2D eigenvalue weighted by Crippen LogP contribution is 2.49. The molecule has 0 aromatic heterocycles. The van der Waals surface area contributed by atoms with Crippen LogP contribution < -0.4 is 15.1 Å². The summed E-state index contributed by atoms with van der Waals surface area (Å²) in [4.78, 5) is 54.1. The van der Waals surface area contributed by atoms with Crippen LogP contribution in [-0.4, -0.2) is 35.4 Å². The fraction of sp³-hybridized carbons (Fsp3) is 0.348. The van der Waals surface area contributed by atoms with Crippen LogP contribution in [0.25, 0.3) is 0 Å². The number of barbiturate groups is 1. The third-order valence-corrected chi connectivity index (χ3v) is 6.91. The zero-order valence-electron chi connectivity index (χ0n) is 17.5. The number of carbonyl (C=O) groups is 3. The van der Waals surface area contributed by atoms with Crippen LogP contribution in [-0.2, 0) is 16.0 Å². The zero-order chi connectivity index (χ0) is 22.6. The quantitative estimate of drug-likeness (QED) is 0.442. The molecule has 1 N–H and O–H groups in total. The normalized spacial score (nSPS) is 27.1. The molecule has 2 aromatic carbocycles. The first-order valence-electron chi connectivity index (χ1n) is 10.6. The van der Waals surface area contributed by atoms with Gasteiger partial charge >= 0.3 is 6.03 Å². The van der Waals surface area contributed by atoms with E-state index in [0.717, 1.165) is 17.0 Å². The van der Waals surface area contributed by atoms with Crippen molar-refractivity contribution in [2.75, 3.05) is 16.3 Å². The molecule has 4 amide bonds. The van der Waals surface area contributed by atoms with Gasteiger partial charge in [-0.15, -0.1) is 0 Å². The highest BCUT2D eigenvalue weighted by Gasteiger charge is 2.63. The Hall–Kier alpha value is -3.75. The maximum absolute atomic E-state index is 14.0. The number of rotatable bonds is 2. The molecule has 164 valence electrons. The molecule has 3 unspecified atom stereocenters. The summed E-state index contributed by atoms with van der Waals surface area (Å²) < 4.78 is 0. The van der Waals surface area contributed by atoms with Crippen molar-refractivity contribution >= 4 is 34.9 Å². The summed E-state index contributed by atoms with van der Waals surface area (Å²) in [7, 11) is 0. The van der Waals surface area contributed by atoms with E-state index in [9.17, 15) is 24.5 Å². The van der Waals surface area contributed by atoms with Crippen LogP contribution in [0, 0.1) is 21.4 Å². The lowest BCUT2D eigenvalue weighted by molar-refractivity contribution is -0.384. The number of fused-ring (bicyclic) bond motifs is 4. The minimum atomic E-state index is -1.55. The monoisotopic (exact) mass is 434 g/mol. The summed E-state index contributed by atoms with van der Waals surface area (Å²) in [5.41, 5.74) is 0.1000. The van der Waals surface area contributed by atoms with Gasteiger partial charge in [0.25, 0.3) is 11.6 Å². The molecule has 0 aliphatic carbocycles. The molecule has 9 heteroatoms. The van der Waals surface area contributed by atoms with Crippen LogP contribution in [0.2, 0.25) is 0 Å². The van der Waals surface area contributed by atoms with Gasteiger partial charge in [0, 0.05) is 30.8 Å². The molecule has 3 atom stereocenters. The first-order valence-corrected chi connectivity index (χ1v) is 10.6. The predicted octanol–water partition coefficient (Wildman–Crippen LogP) is 3.03. The average Bonchev–Trinajstić information content (AvgIpc) is 2.77. The maximum atomic E-state index is 14.0. The van der Waals surface area contributed by atoms with Crippen LogP contribution in [0.15, 0.2) is 48.5 Å². The molecule has 2 aromatic rings. The Labute approximate surface area is 184 Å². The Morgan fingerprint density at radius 1 is 1.12 bits per heavy atom. The third-order valence-electron chi connectivity index (χ3n) is 6.91. The third kappa shape index (κ3) is 2.80. The number of nitrogens with zero attached hydrogens (tertiary/aromatic N) is 3. The van der Waals surface area contributed by atoms with Crippen LogP contribution in [0.3, 0.4) is 0 Å². The lowest BCUT2D eigenvalue weighted by Gasteiger charge is -2.54. The highest BCUT2D eigenvalue weighted by molar-refractivity contribution is 6.30. The van der Waals surface area contributed by atoms with E-state index in [1.54, 1.807) is 36.4 Å². The van der Waals surface area contributed by atoms with Gasteiger partial charge in [0.2, 0.25) is 5.91 Å². The fourth-order valence-electron chi connectivity index (χ4n) is 5.34. The molecule has 2 fully saturated rings. The van der Waals surface area contributed by atoms with Gasteiger partial charge in [0.15, 0.2) is 5.41 Å². The van der Waals surface area contributed by atoms with Gasteiger partial charge in [0.05, 0.1) is 16.7 Å². The molecule has 3 aliphatic rings. The smallest absolute Gasteiger partial charge is 0.335 e. The molecule has 0 bridgehead atoms. The van der Waals surface area contributed by atoms with E-state index in [2.05, 4.69) is 12.2 Å². The molecule has 3 aliphatic heterocycles. The van der Waals surface area contributed by atoms with Gasteiger partial charge in [-0.3, -0.25) is 25.0 Å². The van der Waals surface area contributed by atoms with Crippen molar-refractivity contribution in [3.05, 3.63) is 64.2 Å². The highest BCUT2D eigenvalue weighted by atomic mass is 16.6. The van der Waals surface area contributed by atoms with Gasteiger partial charge in [-0.2, -0.15) is 0 Å². The molecule has 32 heavy (non-hydrogen) atoms. The Morgan fingerprint density at radius 3 is 2.59 bits per heavy atom. The minimum Gasteiger partial charge on any atom is -0.367 e. The Morgan fingerprint density at radius 2 is 1.88 bits per heavy atom. The van der Waals surface area contributed by atoms with Crippen molar-refractivity contribution in [3.63, 3.8) is 0 Å². The Kier molecular flexibility index (Phi) is 4.51. The molecule has 9 nitrogen and oxygen atoms in total. The number of anilines is 2. The number of amides is 4. The van der Waals surface area contributed by atoms with E-state index in [1.807, 2.05) is 4.90 Å². The summed E-state index contributed by atoms with van der Waals surface area (Å²) in [6, 6.07) is 11.9. The number of nitro groups is 1. The SMILES string of the molecule is CC1CCN2c3ccc([N+](=O)[O-])cc3CC3(C(=O)NC(=O)N(c4ccccc4)C3=O)C2C1. The number of urea groups is 1. The van der Waals surface area contributed by atoms with E-state index >= 15 is 0 Å². The topological polar surface area (TPSA) is 113 Å². The summed E-state index contributed by atoms with van der Waals surface area (Å²) >= 11 is 0. The number of hydrogen-bond donors (Lipinski definition) is 1. The van der Waals surface area contributed by atoms with E-state index in [1.165, 1.54) is 12.1 Å². The van der Waals surface area contributed by atoms with Gasteiger partial charge in [0.1, 0.15) is 0 Å². The summed E-state index contributed by atoms with van der Waals surface area (Å²) in [6.45, 7) is 2.71. The molecule has 0 saturated carbocycles. The van der Waals surface area contributed by atoms with Crippen LogP contribution in [0.4, 0.5) is 21.9 Å². The molecule has 2 saturated heterocycles. The van der Waals surface area contributed by atoms with Crippen LogP contribution >= 0.6 is 0 Å². The molecule has 3 heterocycles. The number of nitrogens with one attached hydrogen (secondary N) is 1. The number of para-hydroxylation sites is 1. The number of nitro benzene ring substituents is 1. The van der Waals surface area contributed by atoms with E-state index in [0.29, 0.717) is 24.2 Å². The zero-order valence-corrected chi connectivity index (χ0v) is 17.5. The second-order valence-electron chi connectivity index (χ2n) is 8.79. The number of hydrogen-bond acceptors (Lipinski definition) is 6. The fourth-order valence-corrected chi connectivity index (χ4v) is 5.34. The van der Waals surface area contributed by atoms with E-state index in [4.69, 9.17) is 0 Å². The number of benzene rings is 2. The van der Waals surface area contributed by atoms with E-state index < -0.39 is 34.2 Å². The largest absolute Gasteiger partial charge is 0.367 e. The number of non-ortho nitro benzene ring substituents is 1. The maximum Gasteiger partial charge on any atom is 0.335 e. The number of imide groups is 2. The van der Waals surface area contributed by atoms with Crippen molar-refractivity contribution in [2.24, 2.45) is 11.3 Å². The minimum absolute atomic E-state index is 0.000813. The van der Waals surface area contributed by atoms with Crippen LogP contribution in [0.5, 0.6) is 0 Å². The predicted molar refractivity (Wildman–Crippen MR) is 116 cm³/mol. The lowest BCUT2D eigenvalue weighted by atomic mass is 9.64. The average molecular weight is 434 g/mol. The first kappa shape index (κ1) is 20.2. The van der Waals surface area contributed by atoms with Crippen molar-refractivity contribution in [1.82, 2.24) is 5.32 Å². The van der Waals surface area contributed by atoms with Gasteiger partial charge in [-0.25, -0.2) is 9.69 Å². The molecule has 5 rings (SSSR count). The van der Waals surface area contributed by atoms with E-state index in [-0.39, 0.29) is 18.0 Å². The second-order valence-corrected chi connectivity index (χ2v) is 8.79. The first-order chi connectivity index (χ1) is 15.3. The number of carbonyl (C=O) groups excluding carboxylic acids is 3. The molecular weight excluding hydrogens is 412 g/mol. The molecule has 0 radical (unpaired) electrons. The standard InChI is InChI=1S/C23H22N4O5/c1-14-9-10-25-18-8-7-17(27(31)32)12-15(18)13-23(19(25)11-14)20(28)24-22(30)26(21(23)29)16-5-3-2-4-6-16/h2-8,12,14,19H,9-11,13H2,1H3,(H,24,28,30). The lowest BCUT2D eigenvalue weighted by Crippen LogP contribution is -2.73. The summed E-state index contributed by atoms with van der Waals surface area (Å²) in [5.74, 6) is -0.934. The van der Waals surface area contributed by atoms with Crippen molar-refractivity contribution in [1.29, 1.82) is 0 Å². The molecular formula is C23H22N4O5. The van der Waals surface area contributed by atoms with Gasteiger partial charge in [-0.05, 0) is 42.5 Å². The Bertz CT molecular complexity index is 1150. The van der Waals surface area contributed by atoms with Crippen molar-refractivity contribution in [2.45, 2.75) is 32.2 Å². The summed E-state index contributed by atoms with van der Waals surface area (Å²) in [6.07, 6.45) is 1.48. The van der Waals surface area contributed by atoms with Crippen molar-refractivity contribution in [3.8, 4) is 0 Å². The second kappa shape index (κ2) is 7.15. The molecule has 1 spiro atoms. The van der Waals surface area contributed by atoms with Gasteiger partial charge in [-0.1, -0.05) is 25.1 Å². The number of piperidine rings is 1. The van der Waals surface area contributed by atoms with Crippen molar-refractivity contribution < 1.29 is 19.3 Å². The van der Waals surface area contributed by atoms with Gasteiger partial charge < -0.3 is 4.90 Å². The van der Waals surface area contributed by atoms with Crippen LogP contribution in [0.1, 0.15) is 25.3 Å².